The summed E-state index contributed by atoms with van der Waals surface area (Å²) in [7, 11) is -3.35. The molecule has 1 aliphatic heterocycles. The second kappa shape index (κ2) is 10.4. The number of amides is 2. The molecule has 31 heavy (non-hydrogen) atoms. The van der Waals surface area contributed by atoms with Crippen LogP contribution in [0.15, 0.2) is 24.3 Å². The monoisotopic (exact) mass is 464 g/mol. The lowest BCUT2D eigenvalue weighted by molar-refractivity contribution is -0.137. The van der Waals surface area contributed by atoms with E-state index in [1.54, 1.807) is 0 Å². The summed E-state index contributed by atoms with van der Waals surface area (Å²) in [4.78, 5) is 27.0. The van der Waals surface area contributed by atoms with Gasteiger partial charge in [0.15, 0.2) is 0 Å². The molecule has 1 aromatic carbocycles. The van der Waals surface area contributed by atoms with Crippen molar-refractivity contribution in [1.29, 1.82) is 0 Å². The number of alkyl halides is 3. The van der Waals surface area contributed by atoms with Crippen LogP contribution in [0.1, 0.15) is 35.2 Å². The Hall–Kier alpha value is -2.18. The zero-order valence-electron chi connectivity index (χ0n) is 17.2. The third kappa shape index (κ3) is 7.18. The SMILES string of the molecule is CS(=O)(=O)N1CCN(C(=O)[C@H](CCCCN)NC(=O)c2ccc(C(F)(F)F)cc2)CC1. The Balaban J connectivity index is 2.07. The van der Waals surface area contributed by atoms with Crippen molar-refractivity contribution in [2.24, 2.45) is 5.73 Å². The van der Waals surface area contributed by atoms with E-state index in [9.17, 15) is 31.2 Å². The van der Waals surface area contributed by atoms with Gasteiger partial charge in [0.05, 0.1) is 11.8 Å². The van der Waals surface area contributed by atoms with Crippen molar-refractivity contribution < 1.29 is 31.2 Å². The second-order valence-electron chi connectivity index (χ2n) is 7.37. The minimum absolute atomic E-state index is 0.00604. The molecule has 1 saturated heterocycles. The van der Waals surface area contributed by atoms with Gasteiger partial charge in [-0.15, -0.1) is 0 Å². The third-order valence-corrected chi connectivity index (χ3v) is 6.35. The van der Waals surface area contributed by atoms with Crippen LogP contribution in [0.5, 0.6) is 0 Å². The normalized spacial score (nSPS) is 16.7. The number of unbranched alkanes of at least 4 members (excludes halogenated alkanes) is 1. The highest BCUT2D eigenvalue weighted by Gasteiger charge is 2.32. The molecule has 1 atom stereocenters. The number of halogens is 3. The molecule has 8 nitrogen and oxygen atoms in total. The second-order valence-corrected chi connectivity index (χ2v) is 9.36. The van der Waals surface area contributed by atoms with Crippen LogP contribution in [-0.4, -0.2) is 74.5 Å². The number of sulfonamides is 1. The molecule has 0 spiro atoms. The number of nitrogens with one attached hydrogen (secondary N) is 1. The summed E-state index contributed by atoms with van der Waals surface area (Å²) in [5, 5.41) is 2.60. The smallest absolute Gasteiger partial charge is 0.340 e. The minimum atomic E-state index is -4.51. The van der Waals surface area contributed by atoms with Crippen molar-refractivity contribution >= 4 is 21.8 Å². The summed E-state index contributed by atoms with van der Waals surface area (Å²) in [6.07, 6.45) is -1.88. The fraction of sp³-hybridized carbons (Fsp3) is 0.579. The molecule has 0 bridgehead atoms. The third-order valence-electron chi connectivity index (χ3n) is 5.04. The van der Waals surface area contributed by atoms with Gasteiger partial charge in [-0.1, -0.05) is 0 Å². The first kappa shape index (κ1) is 25.1. The molecule has 0 radical (unpaired) electrons. The van der Waals surface area contributed by atoms with Crippen LogP contribution in [0.3, 0.4) is 0 Å². The van der Waals surface area contributed by atoms with Crippen LogP contribution in [-0.2, 0) is 21.0 Å². The number of piperazine rings is 1. The predicted octanol–water partition coefficient (Wildman–Crippen LogP) is 1.04. The molecule has 2 amide bonds. The van der Waals surface area contributed by atoms with E-state index in [1.807, 2.05) is 0 Å². The van der Waals surface area contributed by atoms with Crippen molar-refractivity contribution in [3.05, 3.63) is 35.4 Å². The fourth-order valence-corrected chi connectivity index (χ4v) is 4.09. The zero-order valence-corrected chi connectivity index (χ0v) is 18.0. The molecule has 0 saturated carbocycles. The van der Waals surface area contributed by atoms with Gasteiger partial charge in [0.25, 0.3) is 5.91 Å². The van der Waals surface area contributed by atoms with E-state index in [4.69, 9.17) is 5.73 Å². The van der Waals surface area contributed by atoms with E-state index in [0.717, 1.165) is 30.5 Å². The largest absolute Gasteiger partial charge is 0.416 e. The van der Waals surface area contributed by atoms with E-state index in [0.29, 0.717) is 25.8 Å². The summed E-state index contributed by atoms with van der Waals surface area (Å²) in [6, 6.07) is 2.86. The van der Waals surface area contributed by atoms with E-state index in [-0.39, 0.29) is 37.6 Å². The number of nitrogens with two attached hydrogens (primary N) is 1. The van der Waals surface area contributed by atoms with E-state index >= 15 is 0 Å². The van der Waals surface area contributed by atoms with Gasteiger partial charge in [-0.05, 0) is 50.1 Å². The van der Waals surface area contributed by atoms with Crippen LogP contribution < -0.4 is 11.1 Å². The predicted molar refractivity (Wildman–Crippen MR) is 109 cm³/mol. The maximum Gasteiger partial charge on any atom is 0.416 e. The lowest BCUT2D eigenvalue weighted by Gasteiger charge is -2.35. The highest BCUT2D eigenvalue weighted by atomic mass is 32.2. The van der Waals surface area contributed by atoms with E-state index < -0.39 is 33.7 Å². The topological polar surface area (TPSA) is 113 Å². The zero-order chi connectivity index (χ0) is 23.2. The Kier molecular flexibility index (Phi) is 8.43. The number of carbonyl (C=O) groups is 2. The molecule has 2 rings (SSSR count). The van der Waals surface area contributed by atoms with Crippen molar-refractivity contribution in [2.45, 2.75) is 31.5 Å². The van der Waals surface area contributed by atoms with E-state index in [2.05, 4.69) is 5.32 Å². The molecular formula is C19H27F3N4O4S. The van der Waals surface area contributed by atoms with Crippen LogP contribution in [0.4, 0.5) is 13.2 Å². The standard InChI is InChI=1S/C19H27F3N4O4S/c1-31(29,30)26-12-10-25(11-13-26)18(28)16(4-2-3-9-23)24-17(27)14-5-7-15(8-6-14)19(20,21)22/h5-8,16H,2-4,9-13,23H2,1H3,(H,24,27)/t16-/m0/s1. The molecule has 12 heteroatoms. The Morgan fingerprint density at radius 1 is 1.10 bits per heavy atom. The first-order valence-corrected chi connectivity index (χ1v) is 11.7. The van der Waals surface area contributed by atoms with Gasteiger partial charge in [-0.3, -0.25) is 9.59 Å². The van der Waals surface area contributed by atoms with Crippen LogP contribution in [0, 0.1) is 0 Å². The Bertz CT molecular complexity index is 867. The van der Waals surface area contributed by atoms with Crippen molar-refractivity contribution in [1.82, 2.24) is 14.5 Å². The summed E-state index contributed by atoms with van der Waals surface area (Å²) in [5.74, 6) is -1.01. The van der Waals surface area contributed by atoms with Crippen LogP contribution >= 0.6 is 0 Å². The maximum absolute atomic E-state index is 13.0. The first-order chi connectivity index (χ1) is 14.4. The number of rotatable bonds is 8. The molecule has 174 valence electrons. The lowest BCUT2D eigenvalue weighted by Crippen LogP contribution is -2.55. The van der Waals surface area contributed by atoms with Crippen molar-refractivity contribution in [3.8, 4) is 0 Å². The number of nitrogens with zero attached hydrogens (tertiary/aromatic N) is 2. The molecule has 3 N–H and O–H groups in total. The molecule has 1 fully saturated rings. The van der Waals surface area contributed by atoms with Crippen molar-refractivity contribution in [2.75, 3.05) is 39.0 Å². The van der Waals surface area contributed by atoms with Crippen molar-refractivity contribution in [3.63, 3.8) is 0 Å². The molecular weight excluding hydrogens is 437 g/mol. The number of hydrogen-bond donors (Lipinski definition) is 2. The molecule has 1 heterocycles. The minimum Gasteiger partial charge on any atom is -0.340 e. The Morgan fingerprint density at radius 2 is 1.68 bits per heavy atom. The van der Waals surface area contributed by atoms with Gasteiger partial charge in [0.2, 0.25) is 15.9 Å². The molecule has 1 aliphatic rings. The Morgan fingerprint density at radius 3 is 2.16 bits per heavy atom. The van der Waals surface area contributed by atoms with Gasteiger partial charge < -0.3 is 16.0 Å². The average Bonchev–Trinajstić information content (AvgIpc) is 2.71. The van der Waals surface area contributed by atoms with Gasteiger partial charge in [0, 0.05) is 31.7 Å². The summed E-state index contributed by atoms with van der Waals surface area (Å²) < 4.78 is 62.7. The van der Waals surface area contributed by atoms with Gasteiger partial charge >= 0.3 is 6.18 Å². The molecule has 0 aromatic heterocycles. The van der Waals surface area contributed by atoms with Crippen LogP contribution in [0.25, 0.3) is 0 Å². The molecule has 0 unspecified atom stereocenters. The highest BCUT2D eigenvalue weighted by molar-refractivity contribution is 7.88. The average molecular weight is 465 g/mol. The lowest BCUT2D eigenvalue weighted by atomic mass is 10.1. The molecule has 1 aromatic rings. The number of hydrogen-bond acceptors (Lipinski definition) is 5. The summed E-state index contributed by atoms with van der Waals surface area (Å²) in [5.41, 5.74) is 4.63. The fourth-order valence-electron chi connectivity index (χ4n) is 3.26. The van der Waals surface area contributed by atoms with Crippen LogP contribution in [0.2, 0.25) is 0 Å². The van der Waals surface area contributed by atoms with Gasteiger partial charge in [-0.2, -0.15) is 17.5 Å². The molecule has 0 aliphatic carbocycles. The highest BCUT2D eigenvalue weighted by Crippen LogP contribution is 2.29. The Labute approximate surface area is 179 Å². The van der Waals surface area contributed by atoms with E-state index in [1.165, 1.54) is 9.21 Å². The maximum atomic E-state index is 13.0. The summed E-state index contributed by atoms with van der Waals surface area (Å²) >= 11 is 0. The van der Waals surface area contributed by atoms with Gasteiger partial charge in [-0.25, -0.2) is 8.42 Å². The quantitative estimate of drug-likeness (QED) is 0.558. The first-order valence-electron chi connectivity index (χ1n) is 9.85. The van der Waals surface area contributed by atoms with Gasteiger partial charge in [0.1, 0.15) is 6.04 Å². The summed E-state index contributed by atoms with van der Waals surface area (Å²) in [6.45, 7) is 1.12. The number of benzene rings is 1. The number of carbonyl (C=O) groups excluding carboxylic acids is 2.